The van der Waals surface area contributed by atoms with E-state index in [1.807, 2.05) is 0 Å². The number of aliphatic hydroxyl groups is 5. The lowest BCUT2D eigenvalue weighted by atomic mass is 9.99. The quantitative estimate of drug-likeness (QED) is 0.289. The second-order valence-electron chi connectivity index (χ2n) is 5.67. The lowest BCUT2D eigenvalue weighted by Crippen LogP contribution is -2.60. The van der Waals surface area contributed by atoms with Gasteiger partial charge >= 0.3 is 0 Å². The van der Waals surface area contributed by atoms with Crippen molar-refractivity contribution in [3.05, 3.63) is 6.92 Å². The van der Waals surface area contributed by atoms with Gasteiger partial charge in [0.1, 0.15) is 24.4 Å². The molecule has 1 fully saturated rings. The average molecular weight is 335 g/mol. The summed E-state index contributed by atoms with van der Waals surface area (Å²) < 4.78 is 10.4. The summed E-state index contributed by atoms with van der Waals surface area (Å²) in [6.07, 6.45) is -8.00. The Balaban J connectivity index is 2.63. The van der Waals surface area contributed by atoms with E-state index in [-0.39, 0.29) is 6.61 Å². The summed E-state index contributed by atoms with van der Waals surface area (Å²) in [5.41, 5.74) is 0. The molecule has 0 bridgehead atoms. The monoisotopic (exact) mass is 335 g/mol. The van der Waals surface area contributed by atoms with Crippen LogP contribution >= 0.6 is 0 Å². The fourth-order valence-corrected chi connectivity index (χ4v) is 2.02. The summed E-state index contributed by atoms with van der Waals surface area (Å²) in [6, 6.07) is -0.819. The molecule has 0 aliphatic carbocycles. The molecular formula is C14H25NO8. The van der Waals surface area contributed by atoms with Gasteiger partial charge in [0.25, 0.3) is 0 Å². The van der Waals surface area contributed by atoms with Crippen LogP contribution < -0.4 is 5.32 Å². The van der Waals surface area contributed by atoms with Crippen LogP contribution in [0.3, 0.4) is 0 Å². The van der Waals surface area contributed by atoms with Gasteiger partial charge < -0.3 is 40.3 Å². The van der Waals surface area contributed by atoms with Crippen molar-refractivity contribution in [2.45, 2.75) is 56.7 Å². The molecule has 8 atom stereocenters. The van der Waals surface area contributed by atoms with E-state index >= 15 is 0 Å². The largest absolute Gasteiger partial charge is 0.394 e. The number of amides is 1. The van der Waals surface area contributed by atoms with Gasteiger partial charge in [0.15, 0.2) is 6.29 Å². The number of rotatable bonds is 7. The predicted octanol–water partition coefficient (Wildman–Crippen LogP) is -2.98. The second-order valence-corrected chi connectivity index (χ2v) is 5.67. The molecular weight excluding hydrogens is 310 g/mol. The molecule has 1 rings (SSSR count). The molecule has 134 valence electrons. The average Bonchev–Trinajstić information content (AvgIpc) is 2.50. The Morgan fingerprint density at radius 2 is 1.87 bits per heavy atom. The molecule has 1 aliphatic heterocycles. The zero-order valence-electron chi connectivity index (χ0n) is 13.1. The van der Waals surface area contributed by atoms with Gasteiger partial charge in [-0.05, 0) is 13.8 Å². The van der Waals surface area contributed by atoms with Crippen LogP contribution in [0.1, 0.15) is 13.8 Å². The van der Waals surface area contributed by atoms with Crippen LogP contribution in [-0.2, 0) is 14.3 Å². The number of hydrogen-bond acceptors (Lipinski definition) is 8. The minimum atomic E-state index is -1.56. The molecule has 0 aromatic rings. The van der Waals surface area contributed by atoms with Gasteiger partial charge in [-0.3, -0.25) is 4.79 Å². The molecule has 9 heteroatoms. The number of carbonyl (C=O) groups excluding carboxylic acids is 1. The van der Waals surface area contributed by atoms with E-state index in [0.29, 0.717) is 0 Å². The number of nitrogens with one attached hydrogen (secondary N) is 1. The molecule has 1 aliphatic rings. The minimum Gasteiger partial charge on any atom is -0.394 e. The van der Waals surface area contributed by atoms with Crippen LogP contribution in [-0.4, -0.2) is 87.5 Å². The molecule has 1 amide bonds. The van der Waals surface area contributed by atoms with Crippen molar-refractivity contribution in [3.8, 4) is 0 Å². The third-order valence-electron chi connectivity index (χ3n) is 3.61. The van der Waals surface area contributed by atoms with Crippen molar-refractivity contribution in [1.82, 2.24) is 5.32 Å². The molecule has 6 unspecified atom stereocenters. The molecule has 0 aromatic carbocycles. The van der Waals surface area contributed by atoms with E-state index in [0.717, 1.165) is 0 Å². The number of ether oxygens (including phenoxy) is 2. The highest BCUT2D eigenvalue weighted by atomic mass is 16.7. The molecule has 1 saturated heterocycles. The van der Waals surface area contributed by atoms with Gasteiger partial charge in [-0.1, -0.05) is 6.92 Å². The Morgan fingerprint density at radius 1 is 1.26 bits per heavy atom. The standard InChI is InChI=1S/C14H25NO8/c1-6(2)13(21)15-8(7(3)17)5-22-14-12(20)11(19)10(18)9(4-16)23-14/h1,6-12,14,16-20H,4-5H2,2-3H3,(H,15,21)/t6?,7?,8?,9?,10-,11?,12?,14+/m0/s1. The smallest absolute Gasteiger partial charge is 0.223 e. The molecule has 0 aromatic heterocycles. The number of hydrogen-bond donors (Lipinski definition) is 6. The van der Waals surface area contributed by atoms with Crippen LogP contribution in [0.2, 0.25) is 0 Å². The van der Waals surface area contributed by atoms with Crippen LogP contribution in [0.5, 0.6) is 0 Å². The first-order valence-electron chi connectivity index (χ1n) is 7.35. The zero-order valence-corrected chi connectivity index (χ0v) is 13.1. The first-order valence-corrected chi connectivity index (χ1v) is 7.35. The first kappa shape index (κ1) is 20.2. The van der Waals surface area contributed by atoms with Crippen molar-refractivity contribution in [1.29, 1.82) is 0 Å². The van der Waals surface area contributed by atoms with Gasteiger partial charge in [0.05, 0.1) is 25.4 Å². The molecule has 9 nitrogen and oxygen atoms in total. The van der Waals surface area contributed by atoms with Crippen LogP contribution in [0.15, 0.2) is 0 Å². The van der Waals surface area contributed by atoms with Crippen LogP contribution in [0.25, 0.3) is 0 Å². The van der Waals surface area contributed by atoms with Crippen molar-refractivity contribution in [2.75, 3.05) is 13.2 Å². The maximum atomic E-state index is 11.6. The van der Waals surface area contributed by atoms with Crippen molar-refractivity contribution in [2.24, 2.45) is 5.92 Å². The Labute approximate surface area is 134 Å². The topological polar surface area (TPSA) is 149 Å². The maximum absolute atomic E-state index is 11.6. The van der Waals surface area contributed by atoms with Crippen molar-refractivity contribution < 1.29 is 39.8 Å². The summed E-state index contributed by atoms with van der Waals surface area (Å²) in [4.78, 5) is 11.6. The van der Waals surface area contributed by atoms with E-state index in [4.69, 9.17) is 21.5 Å². The molecule has 0 spiro atoms. The van der Waals surface area contributed by atoms with E-state index in [1.165, 1.54) is 13.8 Å². The summed E-state index contributed by atoms with van der Waals surface area (Å²) >= 11 is 0. The first-order chi connectivity index (χ1) is 10.7. The van der Waals surface area contributed by atoms with Crippen molar-refractivity contribution >= 4 is 5.91 Å². The lowest BCUT2D eigenvalue weighted by Gasteiger charge is -2.40. The zero-order chi connectivity index (χ0) is 17.7. The van der Waals surface area contributed by atoms with Gasteiger partial charge in [-0.25, -0.2) is 0 Å². The third kappa shape index (κ3) is 5.35. The van der Waals surface area contributed by atoms with Crippen LogP contribution in [0, 0.1) is 12.8 Å². The Kier molecular flexibility index (Phi) is 7.81. The molecule has 1 heterocycles. The van der Waals surface area contributed by atoms with Crippen LogP contribution in [0.4, 0.5) is 0 Å². The second kappa shape index (κ2) is 8.88. The Hall–Kier alpha value is -0.810. The van der Waals surface area contributed by atoms with E-state index < -0.39 is 61.3 Å². The number of carbonyl (C=O) groups is 1. The fraction of sp³-hybridized carbons (Fsp3) is 0.857. The summed E-state index contributed by atoms with van der Waals surface area (Å²) in [6.45, 7) is 7.53. The summed E-state index contributed by atoms with van der Waals surface area (Å²) in [7, 11) is 0. The van der Waals surface area contributed by atoms with Gasteiger partial charge in [0.2, 0.25) is 5.91 Å². The normalized spacial score (nSPS) is 34.2. The third-order valence-corrected chi connectivity index (χ3v) is 3.61. The van der Waals surface area contributed by atoms with Crippen molar-refractivity contribution in [3.63, 3.8) is 0 Å². The molecule has 0 saturated carbocycles. The SMILES string of the molecule is [CH]C(C)C(=O)NC(CO[C@@H]1OC(CO)[C@H](O)C(O)C1O)C(C)O. The van der Waals surface area contributed by atoms with Gasteiger partial charge in [0, 0.05) is 5.92 Å². The predicted molar refractivity (Wildman–Crippen MR) is 76.8 cm³/mol. The van der Waals surface area contributed by atoms with E-state index in [1.54, 1.807) is 0 Å². The Morgan fingerprint density at radius 3 is 2.35 bits per heavy atom. The summed E-state index contributed by atoms with van der Waals surface area (Å²) in [5, 5.41) is 50.4. The lowest BCUT2D eigenvalue weighted by molar-refractivity contribution is -0.302. The van der Waals surface area contributed by atoms with E-state index in [2.05, 4.69) is 5.32 Å². The highest BCUT2D eigenvalue weighted by molar-refractivity contribution is 5.79. The fourth-order valence-electron chi connectivity index (χ4n) is 2.02. The minimum absolute atomic E-state index is 0.237. The van der Waals surface area contributed by atoms with E-state index in [9.17, 15) is 25.2 Å². The highest BCUT2D eigenvalue weighted by Crippen LogP contribution is 2.22. The van der Waals surface area contributed by atoms with Gasteiger partial charge in [-0.2, -0.15) is 0 Å². The number of aliphatic hydroxyl groups excluding tert-OH is 5. The Bertz CT molecular complexity index is 376. The van der Waals surface area contributed by atoms with Gasteiger partial charge in [-0.15, -0.1) is 0 Å². The summed E-state index contributed by atoms with van der Waals surface area (Å²) in [5.74, 6) is -1.27. The molecule has 6 N–H and O–H groups in total. The maximum Gasteiger partial charge on any atom is 0.223 e. The molecule has 2 radical (unpaired) electrons. The molecule has 23 heavy (non-hydrogen) atoms. The highest BCUT2D eigenvalue weighted by Gasteiger charge is 2.44.